The van der Waals surface area contributed by atoms with Crippen molar-refractivity contribution in [3.8, 4) is 28.7 Å². The number of anilines is 2. The van der Waals surface area contributed by atoms with Crippen molar-refractivity contribution in [1.82, 2.24) is 19.9 Å². The number of aliphatic hydroxyl groups is 1. The van der Waals surface area contributed by atoms with E-state index in [1.165, 1.54) is 11.6 Å². The average Bonchev–Trinajstić information content (AvgIpc) is 3.82. The van der Waals surface area contributed by atoms with E-state index in [1.807, 2.05) is 30.6 Å². The molecule has 0 saturated carbocycles. The van der Waals surface area contributed by atoms with E-state index >= 15 is 0 Å². The van der Waals surface area contributed by atoms with E-state index in [9.17, 15) is 15.2 Å². The normalized spacial score (nSPS) is 16.3. The molecule has 0 unspecified atom stereocenters. The molecule has 46 heavy (non-hydrogen) atoms. The van der Waals surface area contributed by atoms with Gasteiger partial charge in [0.15, 0.2) is 11.4 Å². The van der Waals surface area contributed by atoms with Crippen LogP contribution < -0.4 is 4.90 Å². The van der Waals surface area contributed by atoms with Crippen molar-refractivity contribution in [3.05, 3.63) is 101 Å². The van der Waals surface area contributed by atoms with Gasteiger partial charge in [-0.2, -0.15) is 5.26 Å². The summed E-state index contributed by atoms with van der Waals surface area (Å²) in [5.41, 5.74) is 9.94. The summed E-state index contributed by atoms with van der Waals surface area (Å²) >= 11 is 0. The van der Waals surface area contributed by atoms with Crippen molar-refractivity contribution in [1.29, 1.82) is 5.26 Å². The topological polar surface area (TPSA) is 119 Å². The Labute approximate surface area is 265 Å². The van der Waals surface area contributed by atoms with Gasteiger partial charge in [0.25, 0.3) is 0 Å². The van der Waals surface area contributed by atoms with E-state index in [2.05, 4.69) is 58.1 Å². The van der Waals surface area contributed by atoms with Gasteiger partial charge in [0.05, 0.1) is 11.7 Å². The highest BCUT2D eigenvalue weighted by molar-refractivity contribution is 5.93. The predicted molar refractivity (Wildman–Crippen MR) is 176 cm³/mol. The molecule has 0 amide bonds. The van der Waals surface area contributed by atoms with Crippen molar-refractivity contribution in [3.63, 3.8) is 0 Å². The quantitative estimate of drug-likeness (QED) is 0.216. The highest BCUT2D eigenvalue weighted by Crippen LogP contribution is 2.43. The maximum absolute atomic E-state index is 11.4. The second-order valence-corrected chi connectivity index (χ2v) is 12.1. The molecule has 0 aliphatic carbocycles. The van der Waals surface area contributed by atoms with Crippen LogP contribution in [0.1, 0.15) is 39.0 Å². The first-order valence-electron chi connectivity index (χ1n) is 15.4. The summed E-state index contributed by atoms with van der Waals surface area (Å²) in [6, 6.07) is 21.9. The Morgan fingerprint density at radius 3 is 2.74 bits per heavy atom. The summed E-state index contributed by atoms with van der Waals surface area (Å²) in [5, 5.41) is 20.6. The first-order valence-corrected chi connectivity index (χ1v) is 15.4. The van der Waals surface area contributed by atoms with Gasteiger partial charge in [0, 0.05) is 60.8 Å². The molecule has 1 N–H and O–H groups in total. The Hall–Kier alpha value is -5.43. The number of nitriles is 1. The van der Waals surface area contributed by atoms with Gasteiger partial charge in [-0.3, -0.25) is 14.7 Å². The zero-order chi connectivity index (χ0) is 31.4. The van der Waals surface area contributed by atoms with Gasteiger partial charge in [-0.15, -0.1) is 0 Å². The number of rotatable bonds is 6. The monoisotopic (exact) mass is 606 g/mol. The summed E-state index contributed by atoms with van der Waals surface area (Å²) in [4.78, 5) is 30.3. The summed E-state index contributed by atoms with van der Waals surface area (Å²) < 4.78 is 6.12. The number of aliphatic hydroxyl groups excluding tert-OH is 1. The van der Waals surface area contributed by atoms with Crippen LogP contribution in [-0.2, 0) is 13.0 Å². The zero-order valence-corrected chi connectivity index (χ0v) is 25.3. The van der Waals surface area contributed by atoms with Gasteiger partial charge in [-0.05, 0) is 84.0 Å². The minimum Gasteiger partial charge on any atom is -0.435 e. The Morgan fingerprint density at radius 2 is 1.91 bits per heavy atom. The molecule has 6 aromatic rings. The van der Waals surface area contributed by atoms with E-state index in [1.54, 1.807) is 6.07 Å². The first-order chi connectivity index (χ1) is 22.5. The molecule has 1 fully saturated rings. The molecule has 1 saturated heterocycles. The van der Waals surface area contributed by atoms with Crippen LogP contribution in [0.25, 0.3) is 44.6 Å². The van der Waals surface area contributed by atoms with Gasteiger partial charge >= 0.3 is 0 Å². The van der Waals surface area contributed by atoms with Crippen LogP contribution in [0.5, 0.6) is 0 Å². The molecule has 2 aliphatic rings. The standard InChI is InChI=1S/C37H30N6O3/c1-22-28(4-2-5-29(22)37-41-32-16-23(21-44)14-26(17-38)35(32)46-37)30-6-3-7-33-31(30)10-13-43(33)36-34-25(8-11-39-36)15-24(18-40-34)19-42-12-9-27(45)20-42/h2-8,11,14-16,18,21,27,45H,9-10,12-13,19-20H2,1H3/t27-/m1/s1. The molecule has 8 rings (SSSR count). The summed E-state index contributed by atoms with van der Waals surface area (Å²) in [5.74, 6) is 1.26. The van der Waals surface area contributed by atoms with Crippen molar-refractivity contribution in [2.75, 3.05) is 24.5 Å². The highest BCUT2D eigenvalue weighted by atomic mass is 16.3. The molecule has 9 heteroatoms. The number of aldehydes is 1. The smallest absolute Gasteiger partial charge is 0.227 e. The number of pyridine rings is 2. The maximum Gasteiger partial charge on any atom is 0.227 e. The molecule has 2 aliphatic heterocycles. The molecule has 3 aromatic heterocycles. The number of nitrogens with zero attached hydrogens (tertiary/aromatic N) is 6. The van der Waals surface area contributed by atoms with E-state index in [0.29, 0.717) is 35.4 Å². The Bertz CT molecular complexity index is 2220. The van der Waals surface area contributed by atoms with Crippen LogP contribution >= 0.6 is 0 Å². The minimum absolute atomic E-state index is 0.243. The largest absolute Gasteiger partial charge is 0.435 e. The number of fused-ring (bicyclic) bond motifs is 3. The van der Waals surface area contributed by atoms with Crippen LogP contribution in [0.2, 0.25) is 0 Å². The number of carbonyl (C=O) groups excluding carboxylic acids is 1. The van der Waals surface area contributed by atoms with Gasteiger partial charge in [0.1, 0.15) is 23.4 Å². The van der Waals surface area contributed by atoms with Crippen LogP contribution in [-0.4, -0.2) is 57.0 Å². The molecule has 1 atom stereocenters. The second kappa shape index (κ2) is 11.2. The average molecular weight is 607 g/mol. The lowest BCUT2D eigenvalue weighted by atomic mass is 9.92. The van der Waals surface area contributed by atoms with Crippen molar-refractivity contribution < 1.29 is 14.3 Å². The molecular weight excluding hydrogens is 576 g/mol. The molecule has 0 spiro atoms. The van der Waals surface area contributed by atoms with Crippen LogP contribution in [0.15, 0.2) is 77.5 Å². The molecular formula is C37H30N6O3. The van der Waals surface area contributed by atoms with E-state index in [-0.39, 0.29) is 11.7 Å². The number of oxazole rings is 1. The number of hydrogen-bond acceptors (Lipinski definition) is 9. The van der Waals surface area contributed by atoms with Gasteiger partial charge in [-0.25, -0.2) is 9.97 Å². The van der Waals surface area contributed by atoms with Crippen molar-refractivity contribution >= 4 is 39.8 Å². The second-order valence-electron chi connectivity index (χ2n) is 12.1. The number of aromatic nitrogens is 3. The van der Waals surface area contributed by atoms with E-state index < -0.39 is 0 Å². The fourth-order valence-corrected chi connectivity index (χ4v) is 6.98. The number of hydrogen-bond donors (Lipinski definition) is 1. The number of β-amino-alcohol motifs (C(OH)–C–C–N with tert-alkyl or cyclic N) is 1. The van der Waals surface area contributed by atoms with Crippen LogP contribution in [0.3, 0.4) is 0 Å². The lowest BCUT2D eigenvalue weighted by molar-refractivity contribution is 0.112. The lowest BCUT2D eigenvalue weighted by Gasteiger charge is -2.21. The fourth-order valence-electron chi connectivity index (χ4n) is 6.98. The maximum atomic E-state index is 11.4. The summed E-state index contributed by atoms with van der Waals surface area (Å²) in [7, 11) is 0. The third kappa shape index (κ3) is 4.70. The van der Waals surface area contributed by atoms with Gasteiger partial charge in [0.2, 0.25) is 5.89 Å². The molecule has 0 bridgehead atoms. The van der Waals surface area contributed by atoms with Crippen LogP contribution in [0, 0.1) is 18.3 Å². The highest BCUT2D eigenvalue weighted by Gasteiger charge is 2.27. The van der Waals surface area contributed by atoms with Crippen molar-refractivity contribution in [2.45, 2.75) is 32.4 Å². The Kier molecular flexibility index (Phi) is 6.82. The Balaban J connectivity index is 1.15. The number of benzene rings is 3. The van der Waals surface area contributed by atoms with Crippen molar-refractivity contribution in [2.24, 2.45) is 0 Å². The van der Waals surface area contributed by atoms with E-state index in [4.69, 9.17) is 14.4 Å². The molecule has 5 heterocycles. The van der Waals surface area contributed by atoms with Gasteiger partial charge in [-0.1, -0.05) is 24.3 Å². The molecule has 3 aromatic carbocycles. The lowest BCUT2D eigenvalue weighted by Crippen LogP contribution is -2.21. The Morgan fingerprint density at radius 1 is 1.07 bits per heavy atom. The first kappa shape index (κ1) is 28.1. The fraction of sp³-hybridized carbons (Fsp3) is 0.216. The predicted octanol–water partition coefficient (Wildman–Crippen LogP) is 6.36. The summed E-state index contributed by atoms with van der Waals surface area (Å²) in [6.07, 6.45) is 5.93. The number of likely N-dealkylation sites (tertiary alicyclic amines) is 1. The molecule has 0 radical (unpaired) electrons. The third-order valence-electron chi connectivity index (χ3n) is 9.20. The van der Waals surface area contributed by atoms with Gasteiger partial charge < -0.3 is 14.4 Å². The molecule has 226 valence electrons. The minimum atomic E-state index is -0.243. The number of carbonyl (C=O) groups is 1. The van der Waals surface area contributed by atoms with Crippen LogP contribution in [0.4, 0.5) is 11.5 Å². The SMILES string of the molecule is Cc1c(-c2nc3cc(C=O)cc(C#N)c3o2)cccc1-c1cccc2c1CCN2c1nccc2cc(CN3CC[C@@H](O)C3)cnc12. The third-order valence-corrected chi connectivity index (χ3v) is 9.20. The zero-order valence-electron chi connectivity index (χ0n) is 25.3. The van der Waals surface area contributed by atoms with E-state index in [0.717, 1.165) is 82.7 Å². The molecule has 9 nitrogen and oxygen atoms in total. The summed E-state index contributed by atoms with van der Waals surface area (Å²) in [6.45, 7) is 5.22.